The molecule has 0 bridgehead atoms. The van der Waals surface area contributed by atoms with E-state index in [1.54, 1.807) is 10.6 Å². The van der Waals surface area contributed by atoms with Crippen LogP contribution in [0.5, 0.6) is 5.88 Å². The zero-order valence-corrected chi connectivity index (χ0v) is 19.2. The van der Waals surface area contributed by atoms with Crippen LogP contribution in [0.1, 0.15) is 11.3 Å². The molecule has 0 amide bonds. The smallest absolute Gasteiger partial charge is 0.260 e. The second-order valence-electron chi connectivity index (χ2n) is 8.40. The summed E-state index contributed by atoms with van der Waals surface area (Å²) in [5.41, 5.74) is 3.56. The van der Waals surface area contributed by atoms with Gasteiger partial charge in [0.1, 0.15) is 19.0 Å². The fraction of sp³-hybridized carbons (Fsp3) is 0.375. The van der Waals surface area contributed by atoms with Crippen LogP contribution < -0.4 is 4.74 Å². The molecule has 0 radical (unpaired) electrons. The highest BCUT2D eigenvalue weighted by Crippen LogP contribution is 2.34. The molecule has 4 heterocycles. The highest BCUT2D eigenvalue weighted by molar-refractivity contribution is 6.54. The number of aliphatic hydroxyl groups is 1. The number of hydrogen-bond donors (Lipinski definition) is 3. The van der Waals surface area contributed by atoms with Gasteiger partial charge in [-0.3, -0.25) is 10.3 Å². The number of nitrogens with zero attached hydrogens (tertiary/aromatic N) is 5. The molecule has 3 aromatic rings. The average molecular weight is 464 g/mol. The molecule has 1 aliphatic carbocycles. The van der Waals surface area contributed by atoms with Crippen molar-refractivity contribution in [2.45, 2.75) is 0 Å². The van der Waals surface area contributed by atoms with E-state index in [0.717, 1.165) is 49.5 Å². The first-order chi connectivity index (χ1) is 16.6. The minimum atomic E-state index is -0.127. The monoisotopic (exact) mass is 463 g/mol. The number of nitrogens with one attached hydrogen (secondary N) is 2. The summed E-state index contributed by atoms with van der Waals surface area (Å²) < 4.78 is 13.5. The second kappa shape index (κ2) is 9.80. The molecular formula is C24H29N7O3. The fourth-order valence-electron chi connectivity index (χ4n) is 4.18. The molecule has 0 atom stereocenters. The number of aliphatic hydroxyl groups excluding tert-OH is 1. The summed E-state index contributed by atoms with van der Waals surface area (Å²) in [6, 6.07) is 7.52. The van der Waals surface area contributed by atoms with Crippen LogP contribution in [0.3, 0.4) is 0 Å². The zero-order chi connectivity index (χ0) is 23.5. The van der Waals surface area contributed by atoms with E-state index in [0.29, 0.717) is 35.4 Å². The van der Waals surface area contributed by atoms with Gasteiger partial charge in [-0.1, -0.05) is 6.07 Å². The van der Waals surface area contributed by atoms with Crippen LogP contribution in [0.15, 0.2) is 47.7 Å². The Morgan fingerprint density at radius 3 is 2.82 bits per heavy atom. The molecule has 0 unspecified atom stereocenters. The van der Waals surface area contributed by atoms with Crippen LogP contribution in [0.25, 0.3) is 11.3 Å². The molecule has 3 aromatic heterocycles. The average Bonchev–Trinajstić information content (AvgIpc) is 3.47. The fourth-order valence-corrected chi connectivity index (χ4v) is 4.18. The van der Waals surface area contributed by atoms with Crippen molar-refractivity contribution in [1.82, 2.24) is 24.4 Å². The Morgan fingerprint density at radius 1 is 1.15 bits per heavy atom. The van der Waals surface area contributed by atoms with Crippen LogP contribution in [-0.4, -0.2) is 101 Å². The van der Waals surface area contributed by atoms with Crippen LogP contribution in [-0.2, 0) is 4.74 Å². The predicted molar refractivity (Wildman–Crippen MR) is 130 cm³/mol. The molecule has 2 aliphatic rings. The Kier molecular flexibility index (Phi) is 6.43. The summed E-state index contributed by atoms with van der Waals surface area (Å²) in [5.74, 6) is 0.976. The molecule has 1 saturated heterocycles. The van der Waals surface area contributed by atoms with Gasteiger partial charge in [0, 0.05) is 56.8 Å². The van der Waals surface area contributed by atoms with Gasteiger partial charge in [-0.25, -0.2) is 9.51 Å². The molecule has 1 aliphatic heterocycles. The maximum absolute atomic E-state index is 9.20. The SMILES string of the molecule is CN1CCN(CCOC2=C/C(=N/c3c(OCCO)nn4ccccc34)C(=N)c3cc[nH]c32)CC1. The summed E-state index contributed by atoms with van der Waals surface area (Å²) in [6.45, 7) is 5.59. The van der Waals surface area contributed by atoms with E-state index in [-0.39, 0.29) is 13.2 Å². The van der Waals surface area contributed by atoms with Gasteiger partial charge < -0.3 is 24.5 Å². The van der Waals surface area contributed by atoms with Crippen LogP contribution in [0.2, 0.25) is 0 Å². The molecule has 3 N–H and O–H groups in total. The number of allylic oxidation sites excluding steroid dienone is 1. The van der Waals surface area contributed by atoms with Crippen LogP contribution in [0, 0.1) is 5.41 Å². The van der Waals surface area contributed by atoms with E-state index in [1.165, 1.54) is 0 Å². The maximum atomic E-state index is 9.20. The quantitative estimate of drug-likeness (QED) is 0.469. The van der Waals surface area contributed by atoms with Gasteiger partial charge in [0.05, 0.1) is 29.2 Å². The van der Waals surface area contributed by atoms with E-state index in [9.17, 15) is 5.11 Å². The number of likely N-dealkylation sites (N-methyl/N-ethyl adjacent to an activating group) is 1. The number of rotatable bonds is 8. The number of fused-ring (bicyclic) bond motifs is 2. The summed E-state index contributed by atoms with van der Waals surface area (Å²) in [5, 5.41) is 22.4. The van der Waals surface area contributed by atoms with Crippen molar-refractivity contribution < 1.29 is 14.6 Å². The number of pyridine rings is 1. The first-order valence-corrected chi connectivity index (χ1v) is 11.5. The Balaban J connectivity index is 1.43. The number of H-pyrrole nitrogens is 1. The first-order valence-electron chi connectivity index (χ1n) is 11.5. The van der Waals surface area contributed by atoms with E-state index < -0.39 is 0 Å². The van der Waals surface area contributed by atoms with Crippen molar-refractivity contribution in [2.75, 3.05) is 59.6 Å². The number of ether oxygens (including phenoxy) is 2. The lowest BCUT2D eigenvalue weighted by atomic mass is 9.98. The zero-order valence-electron chi connectivity index (χ0n) is 19.2. The summed E-state index contributed by atoms with van der Waals surface area (Å²) in [7, 11) is 2.15. The molecular weight excluding hydrogens is 434 g/mol. The molecule has 0 saturated carbocycles. The maximum Gasteiger partial charge on any atom is 0.260 e. The lowest BCUT2D eigenvalue weighted by Gasteiger charge is -2.32. The summed E-state index contributed by atoms with van der Waals surface area (Å²) in [6.07, 6.45) is 5.42. The van der Waals surface area contributed by atoms with Gasteiger partial charge >= 0.3 is 0 Å². The Labute approximate surface area is 197 Å². The lowest BCUT2D eigenvalue weighted by Crippen LogP contribution is -2.45. The topological polar surface area (TPSA) is 114 Å². The first kappa shape index (κ1) is 22.3. The Hall–Kier alpha value is -3.47. The molecule has 10 heteroatoms. The van der Waals surface area contributed by atoms with Gasteiger partial charge in [-0.2, -0.15) is 0 Å². The number of aromatic amines is 1. The third kappa shape index (κ3) is 4.47. The third-order valence-electron chi connectivity index (χ3n) is 6.09. The Morgan fingerprint density at radius 2 is 2.00 bits per heavy atom. The largest absolute Gasteiger partial charge is 0.490 e. The van der Waals surface area contributed by atoms with Gasteiger partial charge in [0.15, 0.2) is 5.69 Å². The standard InChI is InChI=1S/C24H29N7O3/c1-29-8-10-30(11-9-29)12-14-33-20-16-18(21(25)17-5-6-26-22(17)20)27-23-19-4-2-3-7-31(19)28-24(23)34-15-13-32/h2-7,16,25-26,32H,8-15H2,1H3/b25-21?,27-18-. The molecule has 1 fully saturated rings. The van der Waals surface area contributed by atoms with Crippen molar-refractivity contribution in [3.05, 3.63) is 54.0 Å². The molecule has 0 spiro atoms. The van der Waals surface area contributed by atoms with E-state index in [2.05, 4.69) is 26.9 Å². The number of piperazine rings is 1. The van der Waals surface area contributed by atoms with Crippen molar-refractivity contribution >= 4 is 28.4 Å². The normalized spacial score (nSPS) is 18.4. The minimum Gasteiger partial charge on any atom is -0.490 e. The molecule has 5 rings (SSSR count). The second-order valence-corrected chi connectivity index (χ2v) is 8.40. The van der Waals surface area contributed by atoms with Crippen LogP contribution in [0.4, 0.5) is 5.69 Å². The highest BCUT2D eigenvalue weighted by Gasteiger charge is 2.25. The van der Waals surface area contributed by atoms with E-state index in [1.807, 2.05) is 36.7 Å². The highest BCUT2D eigenvalue weighted by atomic mass is 16.5. The molecule has 0 aromatic carbocycles. The molecule has 34 heavy (non-hydrogen) atoms. The van der Waals surface area contributed by atoms with Gasteiger partial charge in [-0.15, -0.1) is 5.10 Å². The van der Waals surface area contributed by atoms with Crippen molar-refractivity contribution in [3.8, 4) is 5.88 Å². The number of hydrogen-bond acceptors (Lipinski definition) is 8. The minimum absolute atomic E-state index is 0.109. The number of aromatic nitrogens is 3. The van der Waals surface area contributed by atoms with Crippen LogP contribution >= 0.6 is 0 Å². The third-order valence-corrected chi connectivity index (χ3v) is 6.09. The predicted octanol–water partition coefficient (Wildman–Crippen LogP) is 1.79. The molecule has 10 nitrogen and oxygen atoms in total. The van der Waals surface area contributed by atoms with Crippen molar-refractivity contribution in [1.29, 1.82) is 5.41 Å². The van der Waals surface area contributed by atoms with Gasteiger partial charge in [0.2, 0.25) is 0 Å². The Bertz CT molecular complexity index is 1230. The lowest BCUT2D eigenvalue weighted by molar-refractivity contribution is 0.127. The van der Waals surface area contributed by atoms with Crippen molar-refractivity contribution in [2.24, 2.45) is 4.99 Å². The van der Waals surface area contributed by atoms with Gasteiger partial charge in [0.25, 0.3) is 5.88 Å². The van der Waals surface area contributed by atoms with Crippen molar-refractivity contribution in [3.63, 3.8) is 0 Å². The van der Waals surface area contributed by atoms with Gasteiger partial charge in [-0.05, 0) is 25.2 Å². The van der Waals surface area contributed by atoms with E-state index >= 15 is 0 Å². The molecule has 178 valence electrons. The summed E-state index contributed by atoms with van der Waals surface area (Å²) >= 11 is 0. The number of aliphatic imine (C=N–C) groups is 1. The summed E-state index contributed by atoms with van der Waals surface area (Å²) in [4.78, 5) is 12.7. The van der Waals surface area contributed by atoms with E-state index in [4.69, 9.17) is 19.9 Å².